The van der Waals surface area contributed by atoms with Gasteiger partial charge in [-0.2, -0.15) is 0 Å². The third kappa shape index (κ3) is 4.21. The lowest BCUT2D eigenvalue weighted by molar-refractivity contribution is 0.673. The van der Waals surface area contributed by atoms with Crippen LogP contribution in [0.4, 0.5) is 0 Å². The monoisotopic (exact) mass is 812 g/mol. The zero-order chi connectivity index (χ0) is 41.7. The Morgan fingerprint density at radius 2 is 0.906 bits per heavy atom. The summed E-state index contributed by atoms with van der Waals surface area (Å²) in [5, 5.41) is 7.04. The van der Waals surface area contributed by atoms with E-state index >= 15 is 0 Å². The lowest BCUT2D eigenvalue weighted by Crippen LogP contribution is -2.25. The maximum absolute atomic E-state index is 6.91. The van der Waals surface area contributed by atoms with Crippen molar-refractivity contribution in [2.75, 3.05) is 0 Å². The Bertz CT molecular complexity index is 4100. The minimum absolute atomic E-state index is 0.435. The van der Waals surface area contributed by atoms with Crippen LogP contribution in [0.1, 0.15) is 22.3 Å². The van der Waals surface area contributed by atoms with Crippen molar-refractivity contribution < 1.29 is 4.42 Å². The van der Waals surface area contributed by atoms with E-state index in [4.69, 9.17) is 4.42 Å². The first-order valence-electron chi connectivity index (χ1n) is 22.2. The van der Waals surface area contributed by atoms with Crippen LogP contribution in [-0.4, -0.2) is 9.13 Å². The number of hydrogen-bond donors (Lipinski definition) is 0. The maximum Gasteiger partial charge on any atom is 0.145 e. The van der Waals surface area contributed by atoms with E-state index in [9.17, 15) is 0 Å². The molecule has 0 radical (unpaired) electrons. The predicted octanol–water partition coefficient (Wildman–Crippen LogP) is 15.8. The molecule has 0 atom stereocenters. The average molecular weight is 813 g/mol. The van der Waals surface area contributed by atoms with Crippen LogP contribution in [0.5, 0.6) is 0 Å². The first-order valence-corrected chi connectivity index (χ1v) is 22.2. The number of hydrogen-bond acceptors (Lipinski definition) is 1. The van der Waals surface area contributed by atoms with Crippen molar-refractivity contribution in [1.82, 2.24) is 9.13 Å². The van der Waals surface area contributed by atoms with Crippen molar-refractivity contribution in [1.29, 1.82) is 0 Å². The van der Waals surface area contributed by atoms with Gasteiger partial charge in [-0.3, -0.25) is 0 Å². The molecule has 2 aliphatic carbocycles. The molecule has 3 aromatic heterocycles. The Hall–Kier alpha value is -8.40. The van der Waals surface area contributed by atoms with Crippen LogP contribution in [0.25, 0.3) is 110 Å². The van der Waals surface area contributed by atoms with E-state index in [1.165, 1.54) is 88.5 Å². The average Bonchev–Trinajstić information content (AvgIpc) is 4.15. The van der Waals surface area contributed by atoms with E-state index in [0.717, 1.165) is 44.0 Å². The number of benzene rings is 10. The SMILES string of the molecule is c1ccc(-n2c3ccccc3c3cc(-c4ccc5c(c4)c4c6oc7ccccc7c6ccc4n5-c4cccc5c4-c4ccccc4C54c5ccccc5-c5ccccc54)ccc32)cc1. The summed E-state index contributed by atoms with van der Waals surface area (Å²) < 4.78 is 11.8. The maximum atomic E-state index is 6.91. The molecule has 3 heterocycles. The molecule has 0 amide bonds. The molecule has 296 valence electrons. The van der Waals surface area contributed by atoms with Crippen LogP contribution in [0.3, 0.4) is 0 Å². The van der Waals surface area contributed by atoms with Gasteiger partial charge >= 0.3 is 0 Å². The molecule has 0 saturated carbocycles. The molecule has 1 spiro atoms. The molecule has 13 aromatic rings. The molecule has 64 heavy (non-hydrogen) atoms. The molecule has 0 unspecified atom stereocenters. The summed E-state index contributed by atoms with van der Waals surface area (Å²) in [6, 6.07) is 80.7. The highest BCUT2D eigenvalue weighted by atomic mass is 16.3. The van der Waals surface area contributed by atoms with Crippen LogP contribution >= 0.6 is 0 Å². The van der Waals surface area contributed by atoms with Crippen LogP contribution in [0, 0.1) is 0 Å². The lowest BCUT2D eigenvalue weighted by Gasteiger charge is -2.30. The standard InChI is InChI=1S/C61H36N2O/c1-2-15-39(16-3-1)62-52-26-12-7-19-42(52)46-35-37(29-32-53(46)62)38-30-33-54-47(36-38)59-56(34-31-44-43-20-8-13-28-57(43)64-60(44)59)63(54)55-27-14-25-51-58(55)45-21-6-11-24-50(45)61(51)48-22-9-4-17-40(48)41-18-5-10-23-49(41)61/h1-36H. The summed E-state index contributed by atoms with van der Waals surface area (Å²) in [6.45, 7) is 0. The smallest absolute Gasteiger partial charge is 0.145 e. The second kappa shape index (κ2) is 12.4. The summed E-state index contributed by atoms with van der Waals surface area (Å²) in [5.41, 5.74) is 21.3. The quantitative estimate of drug-likeness (QED) is 0.174. The van der Waals surface area contributed by atoms with E-state index in [2.05, 4.69) is 228 Å². The van der Waals surface area contributed by atoms with Gasteiger partial charge in [-0.05, 0) is 117 Å². The van der Waals surface area contributed by atoms with Gasteiger partial charge in [-0.25, -0.2) is 0 Å². The third-order valence-corrected chi connectivity index (χ3v) is 14.5. The Balaban J connectivity index is 1.02. The first-order chi connectivity index (χ1) is 31.8. The van der Waals surface area contributed by atoms with Gasteiger partial charge in [0.25, 0.3) is 0 Å². The van der Waals surface area contributed by atoms with Gasteiger partial charge in [0.1, 0.15) is 11.2 Å². The molecule has 2 aliphatic rings. The topological polar surface area (TPSA) is 23.0 Å². The van der Waals surface area contributed by atoms with Crippen molar-refractivity contribution in [3.63, 3.8) is 0 Å². The molecule has 0 N–H and O–H groups in total. The van der Waals surface area contributed by atoms with Crippen LogP contribution < -0.4 is 0 Å². The van der Waals surface area contributed by atoms with E-state index in [1.807, 2.05) is 0 Å². The summed E-state index contributed by atoms with van der Waals surface area (Å²) in [7, 11) is 0. The van der Waals surface area contributed by atoms with Crippen LogP contribution in [0.15, 0.2) is 223 Å². The predicted molar refractivity (Wildman–Crippen MR) is 264 cm³/mol. The Morgan fingerprint density at radius 3 is 1.67 bits per heavy atom. The molecule has 0 bridgehead atoms. The van der Waals surface area contributed by atoms with Crippen molar-refractivity contribution in [2.45, 2.75) is 5.41 Å². The molecular weight excluding hydrogens is 777 g/mol. The fraction of sp³-hybridized carbons (Fsp3) is 0.0164. The largest absolute Gasteiger partial charge is 0.455 e. The summed E-state index contributed by atoms with van der Waals surface area (Å²) >= 11 is 0. The Kier molecular flexibility index (Phi) is 6.61. The lowest BCUT2D eigenvalue weighted by atomic mass is 9.70. The zero-order valence-electron chi connectivity index (χ0n) is 34.6. The number of fused-ring (bicyclic) bond motifs is 20. The number of para-hydroxylation sites is 3. The molecule has 3 nitrogen and oxygen atoms in total. The Labute approximate surface area is 368 Å². The molecule has 3 heteroatoms. The minimum Gasteiger partial charge on any atom is -0.455 e. The van der Waals surface area contributed by atoms with E-state index in [1.54, 1.807) is 0 Å². The van der Waals surface area contributed by atoms with Crippen molar-refractivity contribution in [3.8, 4) is 44.8 Å². The fourth-order valence-corrected chi connectivity index (χ4v) is 12.0. The van der Waals surface area contributed by atoms with Gasteiger partial charge in [-0.15, -0.1) is 0 Å². The van der Waals surface area contributed by atoms with Gasteiger partial charge < -0.3 is 13.6 Å². The zero-order valence-corrected chi connectivity index (χ0v) is 34.6. The van der Waals surface area contributed by atoms with E-state index in [-0.39, 0.29) is 0 Å². The van der Waals surface area contributed by atoms with Crippen LogP contribution in [-0.2, 0) is 5.41 Å². The highest BCUT2D eigenvalue weighted by Crippen LogP contribution is 2.63. The van der Waals surface area contributed by atoms with E-state index < -0.39 is 5.41 Å². The minimum atomic E-state index is -0.435. The highest BCUT2D eigenvalue weighted by Gasteiger charge is 2.52. The normalized spacial score (nSPS) is 13.4. The number of aromatic nitrogens is 2. The van der Waals surface area contributed by atoms with Gasteiger partial charge in [0.2, 0.25) is 0 Å². The van der Waals surface area contributed by atoms with Gasteiger partial charge in [-0.1, -0.05) is 152 Å². The number of furan rings is 1. The van der Waals surface area contributed by atoms with Crippen molar-refractivity contribution in [2.24, 2.45) is 0 Å². The second-order valence-corrected chi connectivity index (χ2v) is 17.5. The fourth-order valence-electron chi connectivity index (χ4n) is 12.0. The molecule has 10 aromatic carbocycles. The second-order valence-electron chi connectivity index (χ2n) is 17.5. The third-order valence-electron chi connectivity index (χ3n) is 14.5. The van der Waals surface area contributed by atoms with Crippen molar-refractivity contribution in [3.05, 3.63) is 241 Å². The van der Waals surface area contributed by atoms with Gasteiger partial charge in [0.05, 0.1) is 38.6 Å². The molecular formula is C61H36N2O. The van der Waals surface area contributed by atoms with E-state index in [0.29, 0.717) is 0 Å². The summed E-state index contributed by atoms with van der Waals surface area (Å²) in [4.78, 5) is 0. The van der Waals surface area contributed by atoms with Crippen molar-refractivity contribution >= 4 is 65.6 Å². The van der Waals surface area contributed by atoms with Crippen LogP contribution in [0.2, 0.25) is 0 Å². The summed E-state index contributed by atoms with van der Waals surface area (Å²) in [6.07, 6.45) is 0. The van der Waals surface area contributed by atoms with Gasteiger partial charge in [0.15, 0.2) is 0 Å². The summed E-state index contributed by atoms with van der Waals surface area (Å²) in [5.74, 6) is 0. The molecule has 0 aliphatic heterocycles. The molecule has 0 fully saturated rings. The molecule has 0 saturated heterocycles. The van der Waals surface area contributed by atoms with Gasteiger partial charge in [0, 0.05) is 38.2 Å². The molecule has 15 rings (SSSR count). The number of rotatable bonds is 3. The highest BCUT2D eigenvalue weighted by molar-refractivity contribution is 6.24. The number of nitrogens with zero attached hydrogens (tertiary/aromatic N) is 2. The Morgan fingerprint density at radius 1 is 0.344 bits per heavy atom. The first kappa shape index (κ1) is 34.2.